The Labute approximate surface area is 128 Å². The average Bonchev–Trinajstić information content (AvgIpc) is 2.80. The van der Waals surface area contributed by atoms with Crippen LogP contribution in [0.5, 0.6) is 5.75 Å². The number of benzene rings is 1. The number of aromatic nitrogens is 2. The van der Waals surface area contributed by atoms with Crippen LogP contribution in [0.25, 0.3) is 0 Å². The smallest absolute Gasteiger partial charge is 0.251 e. The number of carbonyl (C=O) groups is 1. The van der Waals surface area contributed by atoms with Crippen molar-refractivity contribution in [2.45, 2.75) is 6.54 Å². The van der Waals surface area contributed by atoms with Crippen LogP contribution in [0.1, 0.15) is 16.1 Å². The summed E-state index contributed by atoms with van der Waals surface area (Å²) in [6.45, 7) is 0.356. The molecule has 1 aromatic heterocycles. The second kappa shape index (κ2) is 6.05. The molecule has 7 heteroatoms. The van der Waals surface area contributed by atoms with Gasteiger partial charge in [0.1, 0.15) is 5.75 Å². The van der Waals surface area contributed by atoms with Crippen LogP contribution in [0.2, 0.25) is 5.02 Å². The molecule has 0 aliphatic carbocycles. The summed E-state index contributed by atoms with van der Waals surface area (Å²) in [6.07, 6.45) is 1.72. The van der Waals surface area contributed by atoms with E-state index in [-0.39, 0.29) is 16.7 Å². The highest BCUT2D eigenvalue weighted by atomic mass is 35.5. The number of rotatable bonds is 4. The minimum atomic E-state index is -0.260. The summed E-state index contributed by atoms with van der Waals surface area (Å²) in [5.41, 5.74) is 1.28. The molecule has 0 saturated heterocycles. The van der Waals surface area contributed by atoms with E-state index in [4.69, 9.17) is 11.6 Å². The van der Waals surface area contributed by atoms with Crippen molar-refractivity contribution in [2.75, 3.05) is 19.0 Å². The number of amides is 1. The molecule has 0 aliphatic rings. The van der Waals surface area contributed by atoms with E-state index in [0.29, 0.717) is 12.1 Å². The molecule has 21 heavy (non-hydrogen) atoms. The third-order valence-corrected chi connectivity index (χ3v) is 3.40. The van der Waals surface area contributed by atoms with Crippen LogP contribution < -0.4 is 10.2 Å². The third-order valence-electron chi connectivity index (χ3n) is 3.10. The van der Waals surface area contributed by atoms with E-state index >= 15 is 0 Å². The molecule has 0 unspecified atom stereocenters. The maximum atomic E-state index is 12.0. The van der Waals surface area contributed by atoms with Gasteiger partial charge in [-0.2, -0.15) is 0 Å². The third kappa shape index (κ3) is 3.28. The van der Waals surface area contributed by atoms with Crippen molar-refractivity contribution >= 4 is 23.5 Å². The Kier molecular flexibility index (Phi) is 4.37. The molecule has 0 radical (unpaired) electrons. The van der Waals surface area contributed by atoms with Crippen molar-refractivity contribution in [3.63, 3.8) is 0 Å². The van der Waals surface area contributed by atoms with Crippen LogP contribution in [-0.4, -0.2) is 34.7 Å². The summed E-state index contributed by atoms with van der Waals surface area (Å²) < 4.78 is 1.91. The molecule has 6 nitrogen and oxygen atoms in total. The van der Waals surface area contributed by atoms with Gasteiger partial charge in [-0.1, -0.05) is 11.6 Å². The van der Waals surface area contributed by atoms with Crippen molar-refractivity contribution in [1.82, 2.24) is 14.9 Å². The van der Waals surface area contributed by atoms with Crippen LogP contribution in [0, 0.1) is 0 Å². The zero-order chi connectivity index (χ0) is 15.6. The molecule has 2 aromatic rings. The molecule has 0 spiro atoms. The maximum absolute atomic E-state index is 12.0. The van der Waals surface area contributed by atoms with E-state index in [1.54, 1.807) is 6.20 Å². The predicted octanol–water partition coefficient (Wildman–Crippen LogP) is 1.78. The van der Waals surface area contributed by atoms with Gasteiger partial charge in [-0.25, -0.2) is 4.98 Å². The Morgan fingerprint density at radius 3 is 2.76 bits per heavy atom. The fraction of sp³-hybridized carbons (Fsp3) is 0.286. The molecule has 1 amide bonds. The number of imidazole rings is 1. The fourth-order valence-corrected chi connectivity index (χ4v) is 2.12. The summed E-state index contributed by atoms with van der Waals surface area (Å²) in [4.78, 5) is 18.2. The van der Waals surface area contributed by atoms with Gasteiger partial charge in [-0.15, -0.1) is 0 Å². The van der Waals surface area contributed by atoms with Crippen LogP contribution in [0.4, 0.5) is 5.95 Å². The summed E-state index contributed by atoms with van der Waals surface area (Å²) in [5.74, 6) is 0.506. The molecule has 0 atom stereocenters. The first-order valence-electron chi connectivity index (χ1n) is 6.34. The highest BCUT2D eigenvalue weighted by Crippen LogP contribution is 2.23. The number of nitrogens with one attached hydrogen (secondary N) is 1. The number of anilines is 1. The molecule has 1 aromatic carbocycles. The number of phenolic OH excluding ortho intramolecular Hbond substituents is 1. The first-order valence-corrected chi connectivity index (χ1v) is 6.72. The van der Waals surface area contributed by atoms with Crippen molar-refractivity contribution < 1.29 is 9.90 Å². The minimum Gasteiger partial charge on any atom is -0.506 e. The molecule has 0 bridgehead atoms. The van der Waals surface area contributed by atoms with Gasteiger partial charge in [0.25, 0.3) is 5.91 Å². The van der Waals surface area contributed by atoms with Gasteiger partial charge in [-0.05, 0) is 18.2 Å². The van der Waals surface area contributed by atoms with Gasteiger partial charge in [0.05, 0.1) is 23.5 Å². The predicted molar refractivity (Wildman–Crippen MR) is 81.8 cm³/mol. The van der Waals surface area contributed by atoms with E-state index < -0.39 is 0 Å². The number of nitrogens with zero attached hydrogens (tertiary/aromatic N) is 3. The molecule has 0 fully saturated rings. The van der Waals surface area contributed by atoms with E-state index in [2.05, 4.69) is 10.3 Å². The molecule has 112 valence electrons. The lowest BCUT2D eigenvalue weighted by molar-refractivity contribution is 0.0950. The Hall–Kier alpha value is -2.21. The SMILES string of the molecule is CN(C)c1ncc(CNC(=O)c2ccc(O)c(Cl)c2)n1C. The van der Waals surface area contributed by atoms with Gasteiger partial charge < -0.3 is 19.9 Å². The lowest BCUT2D eigenvalue weighted by atomic mass is 10.2. The van der Waals surface area contributed by atoms with Gasteiger partial charge in [-0.3, -0.25) is 4.79 Å². The Morgan fingerprint density at radius 2 is 2.19 bits per heavy atom. The molecule has 2 rings (SSSR count). The van der Waals surface area contributed by atoms with Crippen molar-refractivity contribution in [1.29, 1.82) is 0 Å². The first kappa shape index (κ1) is 15.2. The highest BCUT2D eigenvalue weighted by molar-refractivity contribution is 6.32. The topological polar surface area (TPSA) is 70.4 Å². The number of aromatic hydroxyl groups is 1. The second-order valence-corrected chi connectivity index (χ2v) is 5.26. The Balaban J connectivity index is 2.06. The lowest BCUT2D eigenvalue weighted by Gasteiger charge is -2.13. The summed E-state index contributed by atoms with van der Waals surface area (Å²) >= 11 is 5.79. The van der Waals surface area contributed by atoms with Crippen molar-refractivity contribution in [2.24, 2.45) is 7.05 Å². The molecule has 2 N–H and O–H groups in total. The van der Waals surface area contributed by atoms with Gasteiger partial charge in [0.2, 0.25) is 5.95 Å². The van der Waals surface area contributed by atoms with E-state index in [0.717, 1.165) is 11.6 Å². The number of carbonyl (C=O) groups excluding carboxylic acids is 1. The number of phenols is 1. The van der Waals surface area contributed by atoms with Crippen molar-refractivity contribution in [3.05, 3.63) is 40.7 Å². The van der Waals surface area contributed by atoms with Crippen LogP contribution >= 0.6 is 11.6 Å². The molecule has 0 saturated carbocycles. The lowest BCUT2D eigenvalue weighted by Crippen LogP contribution is -2.24. The molecule has 1 heterocycles. The number of hydrogen-bond acceptors (Lipinski definition) is 4. The summed E-state index contributed by atoms with van der Waals surface area (Å²) in [6, 6.07) is 4.34. The van der Waals surface area contributed by atoms with Gasteiger partial charge in [0.15, 0.2) is 0 Å². The van der Waals surface area contributed by atoms with Gasteiger partial charge in [0, 0.05) is 26.7 Å². The van der Waals surface area contributed by atoms with E-state index in [1.165, 1.54) is 18.2 Å². The molecular formula is C14H17ClN4O2. The zero-order valence-corrected chi connectivity index (χ0v) is 12.8. The monoisotopic (exact) mass is 308 g/mol. The van der Waals surface area contributed by atoms with Crippen LogP contribution in [-0.2, 0) is 13.6 Å². The second-order valence-electron chi connectivity index (χ2n) is 4.85. The largest absolute Gasteiger partial charge is 0.506 e. The normalized spacial score (nSPS) is 10.5. The molecular weight excluding hydrogens is 292 g/mol. The van der Waals surface area contributed by atoms with Crippen LogP contribution in [0.3, 0.4) is 0 Å². The summed E-state index contributed by atoms with van der Waals surface area (Å²) in [7, 11) is 5.70. The quantitative estimate of drug-likeness (QED) is 0.903. The Bertz CT molecular complexity index is 667. The fourth-order valence-electron chi connectivity index (χ4n) is 1.93. The number of hydrogen-bond donors (Lipinski definition) is 2. The number of halogens is 1. The van der Waals surface area contributed by atoms with E-state index in [9.17, 15) is 9.90 Å². The molecule has 0 aliphatic heterocycles. The van der Waals surface area contributed by atoms with Crippen molar-refractivity contribution in [3.8, 4) is 5.75 Å². The zero-order valence-electron chi connectivity index (χ0n) is 12.1. The maximum Gasteiger partial charge on any atom is 0.251 e. The first-order chi connectivity index (χ1) is 9.90. The van der Waals surface area contributed by atoms with Crippen LogP contribution in [0.15, 0.2) is 24.4 Å². The van der Waals surface area contributed by atoms with E-state index in [1.807, 2.05) is 30.6 Å². The van der Waals surface area contributed by atoms with Gasteiger partial charge >= 0.3 is 0 Å². The summed E-state index contributed by atoms with van der Waals surface area (Å²) in [5, 5.41) is 12.3. The standard InChI is InChI=1S/C14H17ClN4O2/c1-18(2)14-17-8-10(19(14)3)7-16-13(21)9-4-5-12(20)11(15)6-9/h4-6,8,20H,7H2,1-3H3,(H,16,21). The highest BCUT2D eigenvalue weighted by Gasteiger charge is 2.11. The average molecular weight is 309 g/mol. The Morgan fingerprint density at radius 1 is 1.48 bits per heavy atom. The minimum absolute atomic E-state index is 0.0459.